The maximum Gasteiger partial charge on any atom is 0.272 e. The van der Waals surface area contributed by atoms with Crippen molar-refractivity contribution in [2.24, 2.45) is 0 Å². The van der Waals surface area contributed by atoms with E-state index >= 15 is 0 Å². The lowest BCUT2D eigenvalue weighted by molar-refractivity contribution is 0.0819. The van der Waals surface area contributed by atoms with Gasteiger partial charge in [0.15, 0.2) is 0 Å². The lowest BCUT2D eigenvalue weighted by Crippen LogP contribution is -2.24. The molecule has 0 radical (unpaired) electrons. The van der Waals surface area contributed by atoms with E-state index in [0.717, 1.165) is 10.6 Å². The summed E-state index contributed by atoms with van der Waals surface area (Å²) < 4.78 is 30.2. The van der Waals surface area contributed by atoms with Crippen LogP contribution in [-0.4, -0.2) is 29.4 Å². The molecule has 1 aliphatic rings. The number of rotatable bonds is 4. The Kier molecular flexibility index (Phi) is 4.17. The van der Waals surface area contributed by atoms with E-state index in [1.54, 1.807) is 0 Å². The first kappa shape index (κ1) is 16.9. The zero-order chi connectivity index (χ0) is 18.3. The van der Waals surface area contributed by atoms with Gasteiger partial charge in [0.2, 0.25) is 0 Å². The van der Waals surface area contributed by atoms with Crippen LogP contribution in [0.5, 0.6) is 5.75 Å². The molecule has 1 aromatic carbocycles. The highest BCUT2D eigenvalue weighted by molar-refractivity contribution is 6.32. The van der Waals surface area contributed by atoms with E-state index in [4.69, 9.17) is 22.1 Å². The Labute approximate surface area is 143 Å². The van der Waals surface area contributed by atoms with Crippen LogP contribution >= 0.6 is 11.6 Å². The van der Waals surface area contributed by atoms with Crippen molar-refractivity contribution < 1.29 is 23.1 Å². The Morgan fingerprint density at radius 2 is 1.92 bits per heavy atom. The van der Waals surface area contributed by atoms with Gasteiger partial charge in [0, 0.05) is 6.07 Å². The average Bonchev–Trinajstić information content (AvgIpc) is 2.80. The number of carbonyl (C=O) groups excluding carboxylic acids is 2. The number of benzene rings is 1. The van der Waals surface area contributed by atoms with Gasteiger partial charge in [0.1, 0.15) is 18.2 Å². The van der Waals surface area contributed by atoms with Crippen LogP contribution in [0, 0.1) is 0 Å². The van der Waals surface area contributed by atoms with E-state index in [9.17, 15) is 23.2 Å². The summed E-state index contributed by atoms with van der Waals surface area (Å²) in [6.45, 7) is -0.831. The first-order valence-electron chi connectivity index (χ1n) is 6.91. The summed E-state index contributed by atoms with van der Waals surface area (Å²) in [5.41, 5.74) is 5.20. The minimum absolute atomic E-state index is 0.00594. The van der Waals surface area contributed by atoms with Gasteiger partial charge in [0.25, 0.3) is 23.8 Å². The standard InChI is InChI=1S/C15H10ClF2N3O4/c16-8-3-6(1-2-9(8)25-5-10(17)18)21-11(22)4-7-12(13(21)19)15(24)20-14(7)23/h1-4,10H,5,19H2,(H,20,23,24). The highest BCUT2D eigenvalue weighted by Gasteiger charge is 2.31. The Morgan fingerprint density at radius 1 is 1.20 bits per heavy atom. The molecule has 1 aliphatic heterocycles. The quantitative estimate of drug-likeness (QED) is 0.797. The molecule has 0 aliphatic carbocycles. The predicted molar refractivity (Wildman–Crippen MR) is 84.8 cm³/mol. The number of amides is 2. The van der Waals surface area contributed by atoms with Gasteiger partial charge in [-0.2, -0.15) is 0 Å². The van der Waals surface area contributed by atoms with Crippen molar-refractivity contribution >= 4 is 29.2 Å². The number of imide groups is 1. The van der Waals surface area contributed by atoms with E-state index in [2.05, 4.69) is 0 Å². The molecule has 2 heterocycles. The highest BCUT2D eigenvalue weighted by Crippen LogP contribution is 2.29. The summed E-state index contributed by atoms with van der Waals surface area (Å²) in [7, 11) is 0. The fourth-order valence-electron chi connectivity index (χ4n) is 2.44. The van der Waals surface area contributed by atoms with Crippen molar-refractivity contribution in [1.82, 2.24) is 9.88 Å². The van der Waals surface area contributed by atoms with Crippen LogP contribution in [0.25, 0.3) is 5.69 Å². The molecule has 2 amide bonds. The molecule has 0 fully saturated rings. The summed E-state index contributed by atoms with van der Waals surface area (Å²) in [4.78, 5) is 35.7. The number of hydrogen-bond acceptors (Lipinski definition) is 5. The Hall–Kier alpha value is -2.94. The molecule has 130 valence electrons. The van der Waals surface area contributed by atoms with E-state index in [1.165, 1.54) is 18.2 Å². The Morgan fingerprint density at radius 3 is 2.56 bits per heavy atom. The summed E-state index contributed by atoms with van der Waals surface area (Å²) in [6, 6.07) is 4.93. The van der Waals surface area contributed by atoms with E-state index in [-0.39, 0.29) is 33.4 Å². The van der Waals surface area contributed by atoms with Crippen molar-refractivity contribution in [2.45, 2.75) is 6.43 Å². The summed E-state index contributed by atoms with van der Waals surface area (Å²) in [5.74, 6) is -1.64. The molecule has 0 spiro atoms. The Bertz CT molecular complexity index is 959. The number of carbonyl (C=O) groups is 2. The fraction of sp³-hybridized carbons (Fsp3) is 0.133. The molecule has 3 rings (SSSR count). The number of aromatic nitrogens is 1. The average molecular weight is 370 g/mol. The van der Waals surface area contributed by atoms with Crippen LogP contribution in [0.2, 0.25) is 5.02 Å². The highest BCUT2D eigenvalue weighted by atomic mass is 35.5. The minimum Gasteiger partial charge on any atom is -0.486 e. The first-order valence-corrected chi connectivity index (χ1v) is 7.29. The topological polar surface area (TPSA) is 103 Å². The molecule has 1 aromatic heterocycles. The van der Waals surface area contributed by atoms with E-state index in [1.807, 2.05) is 5.32 Å². The van der Waals surface area contributed by atoms with Crippen LogP contribution in [0.1, 0.15) is 20.7 Å². The van der Waals surface area contributed by atoms with Crippen LogP contribution < -0.4 is 21.3 Å². The number of alkyl halides is 2. The maximum absolute atomic E-state index is 12.3. The molecule has 10 heteroatoms. The second-order valence-corrected chi connectivity index (χ2v) is 5.50. The third-order valence-corrected chi connectivity index (χ3v) is 3.79. The third kappa shape index (κ3) is 2.93. The van der Waals surface area contributed by atoms with Gasteiger partial charge in [-0.3, -0.25) is 24.3 Å². The fourth-order valence-corrected chi connectivity index (χ4v) is 2.67. The van der Waals surface area contributed by atoms with E-state index < -0.39 is 30.4 Å². The molecule has 7 nitrogen and oxygen atoms in total. The number of nitrogens with two attached hydrogens (primary N) is 1. The maximum atomic E-state index is 12.3. The van der Waals surface area contributed by atoms with Crippen molar-refractivity contribution in [2.75, 3.05) is 12.3 Å². The molecule has 0 atom stereocenters. The van der Waals surface area contributed by atoms with Gasteiger partial charge in [0.05, 0.1) is 21.8 Å². The van der Waals surface area contributed by atoms with Gasteiger partial charge < -0.3 is 10.5 Å². The third-order valence-electron chi connectivity index (χ3n) is 3.49. The molecule has 2 aromatic rings. The number of anilines is 1. The zero-order valence-electron chi connectivity index (χ0n) is 12.4. The van der Waals surface area contributed by atoms with Gasteiger partial charge in [-0.15, -0.1) is 0 Å². The second kappa shape index (κ2) is 6.17. The van der Waals surface area contributed by atoms with Gasteiger partial charge in [-0.25, -0.2) is 8.78 Å². The second-order valence-electron chi connectivity index (χ2n) is 5.09. The molecule has 0 bridgehead atoms. The molecular weight excluding hydrogens is 360 g/mol. The summed E-state index contributed by atoms with van der Waals surface area (Å²) >= 11 is 5.98. The van der Waals surface area contributed by atoms with Crippen LogP contribution in [0.3, 0.4) is 0 Å². The molecule has 0 unspecified atom stereocenters. The van der Waals surface area contributed by atoms with Gasteiger partial charge >= 0.3 is 0 Å². The van der Waals surface area contributed by atoms with Gasteiger partial charge in [-0.1, -0.05) is 11.6 Å². The summed E-state index contributed by atoms with van der Waals surface area (Å²) in [6.07, 6.45) is -2.67. The largest absolute Gasteiger partial charge is 0.486 e. The number of nitrogens with zero attached hydrogens (tertiary/aromatic N) is 1. The van der Waals surface area contributed by atoms with Crippen LogP contribution in [0.15, 0.2) is 29.1 Å². The number of nitrogen functional groups attached to an aromatic ring is 1. The van der Waals surface area contributed by atoms with Crippen LogP contribution in [0.4, 0.5) is 14.6 Å². The normalized spacial score (nSPS) is 13.1. The molecular formula is C15H10ClF2N3O4. The number of fused-ring (bicyclic) bond motifs is 1. The predicted octanol–water partition coefficient (Wildman–Crippen LogP) is 1.60. The van der Waals surface area contributed by atoms with Crippen molar-refractivity contribution in [3.05, 3.63) is 50.8 Å². The van der Waals surface area contributed by atoms with Crippen molar-refractivity contribution in [3.8, 4) is 11.4 Å². The number of ether oxygens (including phenoxy) is 1. The number of hydrogen-bond donors (Lipinski definition) is 2. The minimum atomic E-state index is -2.67. The summed E-state index contributed by atoms with van der Waals surface area (Å²) in [5, 5.41) is 2.03. The number of nitrogens with one attached hydrogen (secondary N) is 1. The number of halogens is 3. The zero-order valence-corrected chi connectivity index (χ0v) is 13.1. The van der Waals surface area contributed by atoms with Crippen molar-refractivity contribution in [1.29, 1.82) is 0 Å². The monoisotopic (exact) mass is 369 g/mol. The smallest absolute Gasteiger partial charge is 0.272 e. The molecule has 0 saturated heterocycles. The lowest BCUT2D eigenvalue weighted by atomic mass is 10.1. The van der Waals surface area contributed by atoms with Gasteiger partial charge in [-0.05, 0) is 18.2 Å². The molecule has 3 N–H and O–H groups in total. The van der Waals surface area contributed by atoms with Crippen molar-refractivity contribution in [3.63, 3.8) is 0 Å². The van der Waals surface area contributed by atoms with Crippen LogP contribution in [-0.2, 0) is 0 Å². The Balaban J connectivity index is 2.08. The van der Waals surface area contributed by atoms with E-state index in [0.29, 0.717) is 0 Å². The number of pyridine rings is 1. The molecule has 25 heavy (non-hydrogen) atoms. The SMILES string of the molecule is Nc1c2c(cc(=O)n1-c1ccc(OCC(F)F)c(Cl)c1)C(=O)NC2=O. The molecule has 0 saturated carbocycles. The first-order chi connectivity index (χ1) is 11.8. The lowest BCUT2D eigenvalue weighted by Gasteiger charge is -2.14.